The molecule has 0 aliphatic heterocycles. The minimum absolute atomic E-state index is 0.466. The van der Waals surface area contributed by atoms with Gasteiger partial charge in [-0.3, -0.25) is 0 Å². The molecule has 0 radical (unpaired) electrons. The molecule has 2 heteroatoms. The highest BCUT2D eigenvalue weighted by Gasteiger charge is 2.46. The van der Waals surface area contributed by atoms with Crippen LogP contribution in [0.4, 0.5) is 17.1 Å². The van der Waals surface area contributed by atoms with Crippen molar-refractivity contribution in [2.24, 2.45) is 0 Å². The molecular weight excluding hydrogens is 707 g/mol. The van der Waals surface area contributed by atoms with Gasteiger partial charge in [0.05, 0.1) is 11.1 Å². The van der Waals surface area contributed by atoms with Crippen molar-refractivity contribution in [1.29, 1.82) is 0 Å². The Morgan fingerprint density at radius 2 is 0.842 bits per heavy atom. The van der Waals surface area contributed by atoms with Crippen molar-refractivity contribution in [3.05, 3.63) is 247 Å². The summed E-state index contributed by atoms with van der Waals surface area (Å²) < 4.78 is 2.55. The average Bonchev–Trinajstić information content (AvgIpc) is 3.82. The molecule has 0 saturated heterocycles. The van der Waals surface area contributed by atoms with Crippen LogP contribution in [0.2, 0.25) is 0 Å². The summed E-state index contributed by atoms with van der Waals surface area (Å²) >= 11 is 1.87. The highest BCUT2D eigenvalue weighted by molar-refractivity contribution is 7.26. The molecule has 1 aliphatic carbocycles. The van der Waals surface area contributed by atoms with Gasteiger partial charge in [-0.05, 0) is 104 Å². The Bertz CT molecular complexity index is 2910. The fourth-order valence-corrected chi connectivity index (χ4v) is 10.3. The van der Waals surface area contributed by atoms with Gasteiger partial charge in [0.15, 0.2) is 0 Å². The molecule has 1 heterocycles. The Balaban J connectivity index is 1.14. The minimum atomic E-state index is -0.466. The van der Waals surface area contributed by atoms with Gasteiger partial charge in [0, 0.05) is 31.5 Å². The number of hydrogen-bond donors (Lipinski definition) is 0. The number of nitrogens with zero attached hydrogens (tertiary/aromatic N) is 1. The lowest BCUT2D eigenvalue weighted by molar-refractivity contribution is 0.770. The van der Waals surface area contributed by atoms with Crippen molar-refractivity contribution in [3.63, 3.8) is 0 Å². The monoisotopic (exact) mass is 743 g/mol. The maximum absolute atomic E-state index is 2.50. The van der Waals surface area contributed by atoms with E-state index >= 15 is 0 Å². The molecule has 10 aromatic rings. The van der Waals surface area contributed by atoms with Crippen LogP contribution in [0.5, 0.6) is 0 Å². The van der Waals surface area contributed by atoms with Gasteiger partial charge in [0.1, 0.15) is 0 Å². The molecule has 0 spiro atoms. The molecule has 0 unspecified atom stereocenters. The first kappa shape index (κ1) is 33.3. The molecule has 0 N–H and O–H groups in total. The summed E-state index contributed by atoms with van der Waals surface area (Å²) in [5.41, 5.74) is 15.6. The SMILES string of the molecule is c1ccc(-c2ccc(N(c3ccc(-c4ccccc4)cc3)c3cccc4sc5ccc(C6(c7ccccc7)c7ccccc7-c7ccccc76)cc5c34)cc2)cc1. The fraction of sp³-hybridized carbons (Fsp3) is 0.0182. The van der Waals surface area contributed by atoms with Crippen molar-refractivity contribution in [1.82, 2.24) is 0 Å². The van der Waals surface area contributed by atoms with Crippen molar-refractivity contribution in [2.45, 2.75) is 5.41 Å². The lowest BCUT2D eigenvalue weighted by Gasteiger charge is -2.34. The maximum atomic E-state index is 2.50. The highest BCUT2D eigenvalue weighted by atomic mass is 32.1. The number of fused-ring (bicyclic) bond motifs is 6. The van der Waals surface area contributed by atoms with E-state index in [1.165, 1.54) is 75.8 Å². The largest absolute Gasteiger partial charge is 0.310 e. The summed E-state index contributed by atoms with van der Waals surface area (Å²) in [4.78, 5) is 2.44. The van der Waals surface area contributed by atoms with E-state index in [1.807, 2.05) is 11.3 Å². The molecule has 9 aromatic carbocycles. The zero-order valence-electron chi connectivity index (χ0n) is 31.2. The van der Waals surface area contributed by atoms with Gasteiger partial charge in [0.25, 0.3) is 0 Å². The van der Waals surface area contributed by atoms with E-state index in [0.717, 1.165) is 17.1 Å². The zero-order valence-corrected chi connectivity index (χ0v) is 32.0. The number of thiophene rings is 1. The first-order valence-electron chi connectivity index (χ1n) is 19.6. The number of benzene rings is 9. The van der Waals surface area contributed by atoms with Crippen molar-refractivity contribution in [2.75, 3.05) is 4.90 Å². The normalized spacial score (nSPS) is 12.7. The third kappa shape index (κ3) is 5.37. The lowest BCUT2D eigenvalue weighted by atomic mass is 9.67. The average molecular weight is 744 g/mol. The smallest absolute Gasteiger partial charge is 0.0713 e. The number of anilines is 3. The summed E-state index contributed by atoms with van der Waals surface area (Å²) in [6, 6.07) is 82.4. The van der Waals surface area contributed by atoms with Gasteiger partial charge < -0.3 is 4.90 Å². The predicted molar refractivity (Wildman–Crippen MR) is 242 cm³/mol. The van der Waals surface area contributed by atoms with Gasteiger partial charge in [-0.25, -0.2) is 0 Å². The Labute approximate surface area is 337 Å². The Morgan fingerprint density at radius 1 is 0.351 bits per heavy atom. The van der Waals surface area contributed by atoms with Crippen LogP contribution in [-0.4, -0.2) is 0 Å². The third-order valence-corrected chi connectivity index (χ3v) is 12.9. The molecule has 1 nitrogen and oxygen atoms in total. The molecule has 0 amide bonds. The van der Waals surface area contributed by atoms with E-state index in [4.69, 9.17) is 0 Å². The summed E-state index contributed by atoms with van der Waals surface area (Å²) in [5.74, 6) is 0. The predicted octanol–water partition coefficient (Wildman–Crippen LogP) is 15.2. The van der Waals surface area contributed by atoms with Crippen LogP contribution in [0.15, 0.2) is 224 Å². The molecule has 1 aliphatic rings. The van der Waals surface area contributed by atoms with E-state index in [1.54, 1.807) is 0 Å². The van der Waals surface area contributed by atoms with Gasteiger partial charge in [0.2, 0.25) is 0 Å². The van der Waals surface area contributed by atoms with Crippen LogP contribution in [0.3, 0.4) is 0 Å². The van der Waals surface area contributed by atoms with Crippen LogP contribution in [0, 0.1) is 0 Å². The second-order valence-electron chi connectivity index (χ2n) is 14.8. The highest BCUT2D eigenvalue weighted by Crippen LogP contribution is 2.57. The van der Waals surface area contributed by atoms with Crippen LogP contribution in [0.1, 0.15) is 22.3 Å². The maximum Gasteiger partial charge on any atom is 0.0713 e. The number of hydrogen-bond acceptors (Lipinski definition) is 2. The molecule has 0 atom stereocenters. The molecule has 0 bridgehead atoms. The van der Waals surface area contributed by atoms with Gasteiger partial charge >= 0.3 is 0 Å². The van der Waals surface area contributed by atoms with Crippen LogP contribution < -0.4 is 4.90 Å². The molecule has 268 valence electrons. The summed E-state index contributed by atoms with van der Waals surface area (Å²) in [5, 5.41) is 2.54. The van der Waals surface area contributed by atoms with Crippen molar-refractivity contribution in [3.8, 4) is 33.4 Å². The van der Waals surface area contributed by atoms with Gasteiger partial charge in [-0.2, -0.15) is 0 Å². The first-order chi connectivity index (χ1) is 28.3. The fourth-order valence-electron chi connectivity index (χ4n) is 9.23. The second-order valence-corrected chi connectivity index (χ2v) is 15.9. The zero-order chi connectivity index (χ0) is 37.8. The van der Waals surface area contributed by atoms with Crippen molar-refractivity contribution >= 4 is 48.6 Å². The van der Waals surface area contributed by atoms with Gasteiger partial charge in [-0.15, -0.1) is 11.3 Å². The van der Waals surface area contributed by atoms with E-state index in [0.29, 0.717) is 0 Å². The minimum Gasteiger partial charge on any atom is -0.310 e. The summed E-state index contributed by atoms with van der Waals surface area (Å²) in [7, 11) is 0. The topological polar surface area (TPSA) is 3.24 Å². The van der Waals surface area contributed by atoms with E-state index in [2.05, 4.69) is 229 Å². The third-order valence-electron chi connectivity index (χ3n) is 11.8. The van der Waals surface area contributed by atoms with Crippen molar-refractivity contribution < 1.29 is 0 Å². The van der Waals surface area contributed by atoms with Crippen LogP contribution in [0.25, 0.3) is 53.6 Å². The van der Waals surface area contributed by atoms with E-state index in [-0.39, 0.29) is 0 Å². The summed E-state index contributed by atoms with van der Waals surface area (Å²) in [6.07, 6.45) is 0. The molecule has 57 heavy (non-hydrogen) atoms. The van der Waals surface area contributed by atoms with Gasteiger partial charge in [-0.1, -0.05) is 176 Å². The molecule has 0 fully saturated rings. The lowest BCUT2D eigenvalue weighted by Crippen LogP contribution is -2.28. The van der Waals surface area contributed by atoms with E-state index in [9.17, 15) is 0 Å². The Morgan fingerprint density at radius 3 is 1.40 bits per heavy atom. The molecule has 11 rings (SSSR count). The van der Waals surface area contributed by atoms with E-state index < -0.39 is 5.41 Å². The standard InChI is InChI=1S/C55H37NS/c1-4-15-38(16-5-1)40-27-32-44(33-28-40)56(45-34-29-41(30-35-45)39-17-6-2-7-18-39)51-25-14-26-53-54(51)48-37-43(31-36-52(48)57-53)55(42-19-8-3-9-20-42)49-23-12-10-21-46(49)47-22-11-13-24-50(47)55/h1-37H. The second kappa shape index (κ2) is 13.6. The van der Waals surface area contributed by atoms with Crippen LogP contribution in [-0.2, 0) is 5.41 Å². The van der Waals surface area contributed by atoms with Crippen LogP contribution >= 0.6 is 11.3 Å². The summed E-state index contributed by atoms with van der Waals surface area (Å²) in [6.45, 7) is 0. The molecular formula is C55H37NS. The number of rotatable bonds is 7. The quantitative estimate of drug-likeness (QED) is 0.157. The molecule has 0 saturated carbocycles. The Kier molecular flexibility index (Phi) is 7.98. The Hall–Kier alpha value is -7.00. The first-order valence-corrected chi connectivity index (χ1v) is 20.4. The molecule has 1 aromatic heterocycles.